The van der Waals surface area contributed by atoms with Crippen LogP contribution in [-0.4, -0.2) is 4.98 Å². The van der Waals surface area contributed by atoms with Crippen molar-refractivity contribution < 1.29 is 4.42 Å². The van der Waals surface area contributed by atoms with Gasteiger partial charge in [0.05, 0.1) is 0 Å². The van der Waals surface area contributed by atoms with Crippen LogP contribution >= 0.6 is 11.3 Å². The summed E-state index contributed by atoms with van der Waals surface area (Å²) in [5.74, 6) is 0.794. The van der Waals surface area contributed by atoms with E-state index in [1.165, 1.54) is 0 Å². The molecule has 2 aromatic carbocycles. The van der Waals surface area contributed by atoms with Crippen LogP contribution < -0.4 is 5.73 Å². The Hall–Kier alpha value is -2.59. The Balaban J connectivity index is 1.77. The highest BCUT2D eigenvalue weighted by molar-refractivity contribution is 7.13. The Morgan fingerprint density at radius 3 is 2.76 bits per heavy atom. The molecule has 0 saturated carbocycles. The summed E-state index contributed by atoms with van der Waals surface area (Å²) in [5.41, 5.74) is 9.33. The summed E-state index contributed by atoms with van der Waals surface area (Å²) in [5, 5.41) is 4.04. The van der Waals surface area contributed by atoms with Crippen LogP contribution in [0.4, 0.5) is 5.69 Å². The van der Waals surface area contributed by atoms with Crippen molar-refractivity contribution in [2.45, 2.75) is 0 Å². The van der Waals surface area contributed by atoms with Crippen LogP contribution in [0.15, 0.2) is 64.4 Å². The SMILES string of the molecule is Nc1cccc(-c2nc(-c3cc4ccccc4o3)cs2)c1. The first kappa shape index (κ1) is 12.2. The van der Waals surface area contributed by atoms with Crippen molar-refractivity contribution in [3.63, 3.8) is 0 Å². The lowest BCUT2D eigenvalue weighted by Crippen LogP contribution is -1.84. The van der Waals surface area contributed by atoms with Crippen LogP contribution in [0.3, 0.4) is 0 Å². The van der Waals surface area contributed by atoms with Gasteiger partial charge in [-0.05, 0) is 24.3 Å². The third kappa shape index (κ3) is 2.19. The van der Waals surface area contributed by atoms with Gasteiger partial charge in [-0.1, -0.05) is 30.3 Å². The molecule has 0 bridgehead atoms. The van der Waals surface area contributed by atoms with E-state index < -0.39 is 0 Å². The molecule has 0 fully saturated rings. The van der Waals surface area contributed by atoms with Crippen LogP contribution in [0.2, 0.25) is 0 Å². The molecule has 0 saturated heterocycles. The molecule has 0 spiro atoms. The van der Waals surface area contributed by atoms with Crippen molar-refractivity contribution in [1.29, 1.82) is 0 Å². The number of rotatable bonds is 2. The number of nitrogens with zero attached hydrogens (tertiary/aromatic N) is 1. The van der Waals surface area contributed by atoms with Gasteiger partial charge >= 0.3 is 0 Å². The number of hydrogen-bond donors (Lipinski definition) is 1. The third-order valence-corrected chi connectivity index (χ3v) is 4.21. The van der Waals surface area contributed by atoms with Gasteiger partial charge in [0.15, 0.2) is 5.76 Å². The molecule has 102 valence electrons. The normalized spacial score (nSPS) is 11.0. The van der Waals surface area contributed by atoms with Gasteiger partial charge in [-0.3, -0.25) is 0 Å². The number of aromatic nitrogens is 1. The molecular formula is C17H12N2OS. The fourth-order valence-corrected chi connectivity index (χ4v) is 3.11. The van der Waals surface area contributed by atoms with E-state index in [4.69, 9.17) is 10.2 Å². The fraction of sp³-hybridized carbons (Fsp3) is 0. The van der Waals surface area contributed by atoms with Crippen LogP contribution in [0.5, 0.6) is 0 Å². The maximum atomic E-state index is 5.85. The number of furan rings is 1. The smallest absolute Gasteiger partial charge is 0.154 e. The molecule has 0 aliphatic carbocycles. The molecule has 21 heavy (non-hydrogen) atoms. The molecule has 0 aliphatic heterocycles. The number of para-hydroxylation sites is 1. The minimum atomic E-state index is 0.744. The van der Waals surface area contributed by atoms with Crippen LogP contribution in [0, 0.1) is 0 Å². The average Bonchev–Trinajstić information content (AvgIpc) is 3.14. The van der Waals surface area contributed by atoms with Crippen molar-refractivity contribution in [2.75, 3.05) is 5.73 Å². The van der Waals surface area contributed by atoms with Gasteiger partial charge in [-0.2, -0.15) is 0 Å². The Labute approximate surface area is 125 Å². The summed E-state index contributed by atoms with van der Waals surface area (Å²) in [6, 6.07) is 17.7. The molecule has 0 amide bonds. The van der Waals surface area contributed by atoms with Crippen molar-refractivity contribution in [2.24, 2.45) is 0 Å². The third-order valence-electron chi connectivity index (χ3n) is 3.32. The molecule has 2 aromatic heterocycles. The molecule has 0 atom stereocenters. The van der Waals surface area contributed by atoms with E-state index in [1.807, 2.05) is 60.0 Å². The second-order valence-electron chi connectivity index (χ2n) is 4.81. The minimum absolute atomic E-state index is 0.744. The molecule has 0 radical (unpaired) electrons. The van der Waals surface area contributed by atoms with Crippen molar-refractivity contribution in [3.05, 3.63) is 60.0 Å². The highest BCUT2D eigenvalue weighted by atomic mass is 32.1. The summed E-state index contributed by atoms with van der Waals surface area (Å²) in [7, 11) is 0. The van der Waals surface area contributed by atoms with Gasteiger partial charge < -0.3 is 10.2 Å². The predicted octanol–water partition coefficient (Wildman–Crippen LogP) is 4.81. The van der Waals surface area contributed by atoms with E-state index >= 15 is 0 Å². The zero-order valence-electron chi connectivity index (χ0n) is 11.1. The van der Waals surface area contributed by atoms with Crippen LogP contribution in [0.1, 0.15) is 0 Å². The Bertz CT molecular complexity index is 890. The number of nitrogens with two attached hydrogens (primary N) is 1. The minimum Gasteiger partial charge on any atom is -0.454 e. The fourth-order valence-electron chi connectivity index (χ4n) is 2.30. The molecule has 0 unspecified atom stereocenters. The zero-order chi connectivity index (χ0) is 14.2. The second-order valence-corrected chi connectivity index (χ2v) is 5.67. The van der Waals surface area contributed by atoms with Crippen LogP contribution in [0.25, 0.3) is 33.0 Å². The summed E-state index contributed by atoms with van der Waals surface area (Å²) in [6.07, 6.45) is 0. The first-order chi connectivity index (χ1) is 10.3. The predicted molar refractivity (Wildman–Crippen MR) is 87.2 cm³/mol. The van der Waals surface area contributed by atoms with E-state index in [-0.39, 0.29) is 0 Å². The van der Waals surface area contributed by atoms with Crippen molar-refractivity contribution in [3.8, 4) is 22.0 Å². The molecule has 3 nitrogen and oxygen atoms in total. The van der Waals surface area contributed by atoms with Crippen molar-refractivity contribution >= 4 is 28.0 Å². The average molecular weight is 292 g/mol. The first-order valence-corrected chi connectivity index (χ1v) is 7.48. The molecule has 0 aliphatic rings. The lowest BCUT2D eigenvalue weighted by Gasteiger charge is -1.97. The van der Waals surface area contributed by atoms with E-state index in [0.29, 0.717) is 0 Å². The molecule has 2 N–H and O–H groups in total. The number of nitrogen functional groups attached to an aromatic ring is 1. The molecule has 4 aromatic rings. The number of anilines is 1. The van der Waals surface area contributed by atoms with Gasteiger partial charge in [-0.25, -0.2) is 4.98 Å². The van der Waals surface area contributed by atoms with Gasteiger partial charge in [0, 0.05) is 22.0 Å². The maximum absolute atomic E-state index is 5.85. The topological polar surface area (TPSA) is 52.0 Å². The molecule has 4 heteroatoms. The lowest BCUT2D eigenvalue weighted by atomic mass is 10.2. The molecule has 4 rings (SSSR count). The quantitative estimate of drug-likeness (QED) is 0.540. The van der Waals surface area contributed by atoms with Crippen molar-refractivity contribution in [1.82, 2.24) is 4.98 Å². The number of fused-ring (bicyclic) bond motifs is 1. The van der Waals surface area contributed by atoms with Gasteiger partial charge in [-0.15, -0.1) is 11.3 Å². The Kier molecular flexibility index (Phi) is 2.75. The highest BCUT2D eigenvalue weighted by Crippen LogP contribution is 2.32. The van der Waals surface area contributed by atoms with E-state index in [0.717, 1.165) is 38.7 Å². The summed E-state index contributed by atoms with van der Waals surface area (Å²) in [4.78, 5) is 4.66. The van der Waals surface area contributed by atoms with Gasteiger partial charge in [0.25, 0.3) is 0 Å². The summed E-state index contributed by atoms with van der Waals surface area (Å²) < 4.78 is 5.85. The van der Waals surface area contributed by atoms with Crippen LogP contribution in [-0.2, 0) is 0 Å². The Morgan fingerprint density at radius 2 is 1.90 bits per heavy atom. The highest BCUT2D eigenvalue weighted by Gasteiger charge is 2.11. The maximum Gasteiger partial charge on any atom is 0.154 e. The molecule has 2 heterocycles. The number of benzene rings is 2. The largest absolute Gasteiger partial charge is 0.454 e. The number of thiazole rings is 1. The summed E-state index contributed by atoms with van der Waals surface area (Å²) in [6.45, 7) is 0. The van der Waals surface area contributed by atoms with Gasteiger partial charge in [0.2, 0.25) is 0 Å². The van der Waals surface area contributed by atoms with E-state index in [1.54, 1.807) is 11.3 Å². The van der Waals surface area contributed by atoms with E-state index in [2.05, 4.69) is 4.98 Å². The molecular weight excluding hydrogens is 280 g/mol. The second kappa shape index (κ2) is 4.75. The monoisotopic (exact) mass is 292 g/mol. The zero-order valence-corrected chi connectivity index (χ0v) is 11.9. The number of hydrogen-bond acceptors (Lipinski definition) is 4. The Morgan fingerprint density at radius 1 is 1.00 bits per heavy atom. The first-order valence-electron chi connectivity index (χ1n) is 6.60. The van der Waals surface area contributed by atoms with E-state index in [9.17, 15) is 0 Å². The summed E-state index contributed by atoms with van der Waals surface area (Å²) >= 11 is 1.59. The standard InChI is InChI=1S/C17H12N2OS/c18-13-6-3-5-12(8-13)17-19-14(10-21-17)16-9-11-4-1-2-7-15(11)20-16/h1-10H,18H2. The van der Waals surface area contributed by atoms with Gasteiger partial charge in [0.1, 0.15) is 16.3 Å². The lowest BCUT2D eigenvalue weighted by molar-refractivity contribution is 0.629.